The molecule has 0 radical (unpaired) electrons. The minimum absolute atomic E-state index is 0.605. The summed E-state index contributed by atoms with van der Waals surface area (Å²) in [4.78, 5) is 14.2. The number of hydrogen-bond donors (Lipinski definition) is 1. The molecule has 0 amide bonds. The Morgan fingerprint density at radius 2 is 1.94 bits per heavy atom. The average Bonchev–Trinajstić information content (AvgIpc) is 2.35. The molecular weight excluding hydrogens is 230 g/mol. The van der Waals surface area contributed by atoms with Crippen LogP contribution in [0.3, 0.4) is 0 Å². The molecule has 1 aromatic heterocycles. The number of aromatic amines is 1. The van der Waals surface area contributed by atoms with Crippen LogP contribution in [-0.2, 0) is 12.8 Å². The highest BCUT2D eigenvalue weighted by Crippen LogP contribution is 2.39. The van der Waals surface area contributed by atoms with E-state index in [-0.39, 0.29) is 0 Å². The zero-order valence-electron chi connectivity index (χ0n) is 9.87. The van der Waals surface area contributed by atoms with E-state index in [9.17, 15) is 4.79 Å². The molecule has 0 aliphatic heterocycles. The van der Waals surface area contributed by atoms with E-state index in [2.05, 4.69) is 4.98 Å². The molecular formula is C14H17NOS. The molecule has 0 saturated heterocycles. The van der Waals surface area contributed by atoms with Gasteiger partial charge in [0.05, 0.1) is 0 Å². The fourth-order valence-corrected chi connectivity index (χ4v) is 3.68. The molecule has 2 nitrogen and oxygen atoms in total. The van der Waals surface area contributed by atoms with Crippen LogP contribution in [0.2, 0.25) is 0 Å². The minimum Gasteiger partial charge on any atom is -0.349 e. The molecule has 2 aliphatic carbocycles. The average molecular weight is 247 g/mol. The van der Waals surface area contributed by atoms with Crippen LogP contribution < -0.4 is 0 Å². The Balaban J connectivity index is 1.99. The first kappa shape index (κ1) is 11.1. The number of hydrogen-bond acceptors (Lipinski definition) is 2. The molecule has 0 spiro atoms. The summed E-state index contributed by atoms with van der Waals surface area (Å²) in [7, 11) is 0. The summed E-state index contributed by atoms with van der Waals surface area (Å²) < 4.78 is 0.605. The largest absolute Gasteiger partial charge is 0.349 e. The quantitative estimate of drug-likeness (QED) is 0.609. The third-order valence-corrected chi connectivity index (χ3v) is 4.72. The normalized spacial score (nSPS) is 27.1. The van der Waals surface area contributed by atoms with Crippen molar-refractivity contribution in [3.8, 4) is 0 Å². The second kappa shape index (κ2) is 4.37. The standard InChI is InChI=1S/C14H17NOS/c16-8-12-6-11-5-9-3-1-2-4-10(9)7-13(11)15-14(12)17/h6,8-10H,1-5,7H2,(H,15,17). The molecule has 1 aromatic rings. The van der Waals surface area contributed by atoms with Crippen molar-refractivity contribution in [2.45, 2.75) is 38.5 Å². The summed E-state index contributed by atoms with van der Waals surface area (Å²) in [5.74, 6) is 1.67. The Kier molecular flexibility index (Phi) is 2.87. The molecule has 1 saturated carbocycles. The van der Waals surface area contributed by atoms with Crippen LogP contribution in [-0.4, -0.2) is 11.3 Å². The number of aromatic nitrogens is 1. The second-order valence-corrected chi connectivity index (χ2v) is 5.80. The van der Waals surface area contributed by atoms with E-state index in [4.69, 9.17) is 12.2 Å². The predicted molar refractivity (Wildman–Crippen MR) is 69.9 cm³/mol. The lowest BCUT2D eigenvalue weighted by atomic mass is 9.70. The number of fused-ring (bicyclic) bond motifs is 2. The lowest BCUT2D eigenvalue weighted by molar-refractivity contribution is 0.112. The van der Waals surface area contributed by atoms with Gasteiger partial charge in [0, 0.05) is 11.3 Å². The molecule has 3 heteroatoms. The van der Waals surface area contributed by atoms with Gasteiger partial charge in [-0.3, -0.25) is 4.79 Å². The highest BCUT2D eigenvalue weighted by molar-refractivity contribution is 7.71. The fraction of sp³-hybridized carbons (Fsp3) is 0.571. The van der Waals surface area contributed by atoms with Crippen LogP contribution in [0.1, 0.15) is 47.3 Å². The lowest BCUT2D eigenvalue weighted by Crippen LogP contribution is -2.29. The van der Waals surface area contributed by atoms with E-state index >= 15 is 0 Å². The SMILES string of the molecule is O=Cc1cc2c([nH]c1=S)CC1CCCCC1C2. The van der Waals surface area contributed by atoms with Gasteiger partial charge in [-0.05, 0) is 49.1 Å². The third kappa shape index (κ3) is 1.97. The number of pyridine rings is 1. The van der Waals surface area contributed by atoms with Crippen molar-refractivity contribution < 1.29 is 4.79 Å². The Hall–Kier alpha value is -0.960. The first-order valence-electron chi connectivity index (χ1n) is 6.48. The van der Waals surface area contributed by atoms with Crippen molar-refractivity contribution in [2.24, 2.45) is 11.8 Å². The summed E-state index contributed by atoms with van der Waals surface area (Å²) in [6, 6.07) is 2.01. The van der Waals surface area contributed by atoms with Crippen LogP contribution in [0.5, 0.6) is 0 Å². The van der Waals surface area contributed by atoms with Crippen molar-refractivity contribution in [2.75, 3.05) is 0 Å². The predicted octanol–water partition coefficient (Wildman–Crippen LogP) is 3.46. The van der Waals surface area contributed by atoms with Gasteiger partial charge in [0.15, 0.2) is 6.29 Å². The number of nitrogens with one attached hydrogen (secondary N) is 1. The summed E-state index contributed by atoms with van der Waals surface area (Å²) in [6.45, 7) is 0. The van der Waals surface area contributed by atoms with Crippen molar-refractivity contribution in [3.63, 3.8) is 0 Å². The topological polar surface area (TPSA) is 32.9 Å². The number of rotatable bonds is 1. The summed E-state index contributed by atoms with van der Waals surface area (Å²) >= 11 is 5.20. The van der Waals surface area contributed by atoms with Crippen LogP contribution in [0, 0.1) is 16.5 Å². The van der Waals surface area contributed by atoms with Crippen molar-refractivity contribution in [3.05, 3.63) is 27.5 Å². The fourth-order valence-electron chi connectivity index (χ4n) is 3.45. The summed E-state index contributed by atoms with van der Waals surface area (Å²) in [5.41, 5.74) is 3.25. The van der Waals surface area contributed by atoms with Gasteiger partial charge in [-0.15, -0.1) is 0 Å². The summed E-state index contributed by atoms with van der Waals surface area (Å²) in [5, 5.41) is 0. The van der Waals surface area contributed by atoms with Crippen LogP contribution >= 0.6 is 12.2 Å². The smallest absolute Gasteiger partial charge is 0.153 e. The molecule has 17 heavy (non-hydrogen) atoms. The molecule has 2 unspecified atom stereocenters. The van der Waals surface area contributed by atoms with Gasteiger partial charge in [0.2, 0.25) is 0 Å². The monoisotopic (exact) mass is 247 g/mol. The van der Waals surface area contributed by atoms with E-state index in [1.807, 2.05) is 6.07 Å². The van der Waals surface area contributed by atoms with Crippen molar-refractivity contribution >= 4 is 18.5 Å². The van der Waals surface area contributed by atoms with Gasteiger partial charge >= 0.3 is 0 Å². The highest BCUT2D eigenvalue weighted by Gasteiger charge is 2.30. The lowest BCUT2D eigenvalue weighted by Gasteiger charge is -2.36. The van der Waals surface area contributed by atoms with Crippen LogP contribution in [0.25, 0.3) is 0 Å². The maximum atomic E-state index is 10.9. The van der Waals surface area contributed by atoms with Gasteiger partial charge in [-0.2, -0.15) is 0 Å². The molecule has 2 atom stereocenters. The number of carbonyl (C=O) groups is 1. The van der Waals surface area contributed by atoms with Crippen molar-refractivity contribution in [1.82, 2.24) is 4.98 Å². The van der Waals surface area contributed by atoms with Gasteiger partial charge in [0.25, 0.3) is 0 Å². The molecule has 3 rings (SSSR count). The van der Waals surface area contributed by atoms with Crippen molar-refractivity contribution in [1.29, 1.82) is 0 Å². The molecule has 1 heterocycles. The Labute approximate surface area is 106 Å². The van der Waals surface area contributed by atoms with E-state index in [1.54, 1.807) is 0 Å². The Morgan fingerprint density at radius 1 is 1.24 bits per heavy atom. The first-order chi connectivity index (χ1) is 8.28. The van der Waals surface area contributed by atoms with Gasteiger partial charge < -0.3 is 4.98 Å². The maximum absolute atomic E-state index is 10.9. The first-order valence-corrected chi connectivity index (χ1v) is 6.89. The van der Waals surface area contributed by atoms with Crippen LogP contribution in [0.15, 0.2) is 6.07 Å². The molecule has 0 aromatic carbocycles. The van der Waals surface area contributed by atoms with Gasteiger partial charge in [0.1, 0.15) is 4.64 Å². The molecule has 90 valence electrons. The van der Waals surface area contributed by atoms with E-state index < -0.39 is 0 Å². The molecule has 0 bridgehead atoms. The van der Waals surface area contributed by atoms with E-state index in [1.165, 1.54) is 36.9 Å². The van der Waals surface area contributed by atoms with Crippen LogP contribution in [0.4, 0.5) is 0 Å². The van der Waals surface area contributed by atoms with Gasteiger partial charge in [-0.1, -0.05) is 25.1 Å². The van der Waals surface area contributed by atoms with Gasteiger partial charge in [-0.25, -0.2) is 0 Å². The maximum Gasteiger partial charge on any atom is 0.153 e. The minimum atomic E-state index is 0.605. The Bertz CT molecular complexity index is 505. The van der Waals surface area contributed by atoms with E-state index in [0.717, 1.165) is 31.0 Å². The van der Waals surface area contributed by atoms with E-state index in [0.29, 0.717) is 10.2 Å². The number of carbonyl (C=O) groups excluding carboxylic acids is 1. The molecule has 2 aliphatic rings. The number of aldehydes is 1. The molecule has 1 fully saturated rings. The summed E-state index contributed by atoms with van der Waals surface area (Å²) in [6.07, 6.45) is 8.60. The Morgan fingerprint density at radius 3 is 2.65 bits per heavy atom. The number of H-pyrrole nitrogens is 1. The second-order valence-electron chi connectivity index (χ2n) is 5.39. The molecule has 1 N–H and O–H groups in total. The third-order valence-electron chi connectivity index (χ3n) is 4.39. The zero-order chi connectivity index (χ0) is 11.8. The zero-order valence-corrected chi connectivity index (χ0v) is 10.7. The highest BCUT2D eigenvalue weighted by atomic mass is 32.1.